The Morgan fingerprint density at radius 2 is 1.94 bits per heavy atom. The van der Waals surface area contributed by atoms with Gasteiger partial charge >= 0.3 is 0 Å². The predicted octanol–water partition coefficient (Wildman–Crippen LogP) is 4.27. The number of hydrogen-bond donors (Lipinski definition) is 0. The Labute approximate surface area is 190 Å². The fraction of sp³-hybridized carbons (Fsp3) is 0.600. The fourth-order valence-corrected chi connectivity index (χ4v) is 5.80. The van der Waals surface area contributed by atoms with Crippen molar-refractivity contribution < 1.29 is 14.3 Å². The van der Waals surface area contributed by atoms with Crippen LogP contribution in [-0.2, 0) is 14.3 Å². The molecule has 0 unspecified atom stereocenters. The number of nitrogens with zero attached hydrogens (tertiary/aromatic N) is 2. The lowest BCUT2D eigenvalue weighted by Crippen LogP contribution is -2.63. The lowest BCUT2D eigenvalue weighted by Gasteiger charge is -2.56. The van der Waals surface area contributed by atoms with E-state index in [9.17, 15) is 9.59 Å². The standard InChI is InChI=1S/C25H33ClN2O3/c1-3-23(29)27-16-25(17-27)10-11-28(18(2)15-25)24(30)22(14-19-8-12-31-13-9-19)20-4-6-21(26)7-5-20/h3-7,18-19,22H,1,8-17H2,2H3/t18-,22+/m0/s1. The maximum atomic E-state index is 13.8. The Balaban J connectivity index is 1.46. The van der Waals surface area contributed by atoms with Gasteiger partial charge in [-0.05, 0) is 68.7 Å². The SMILES string of the molecule is C=CC(=O)N1CC2(CCN(C(=O)[C@H](CC3CCOCC3)c3ccc(Cl)cc3)[C@@H](C)C2)C1. The number of hydrogen-bond acceptors (Lipinski definition) is 3. The Bertz CT molecular complexity index is 813. The minimum atomic E-state index is -0.142. The van der Waals surface area contributed by atoms with Gasteiger partial charge in [-0.15, -0.1) is 0 Å². The van der Waals surface area contributed by atoms with Crippen LogP contribution in [0.5, 0.6) is 0 Å². The maximum Gasteiger partial charge on any atom is 0.245 e. The average Bonchev–Trinajstić information content (AvgIpc) is 2.76. The highest BCUT2D eigenvalue weighted by Gasteiger charge is 2.49. The largest absolute Gasteiger partial charge is 0.381 e. The number of amides is 2. The molecule has 2 amide bonds. The van der Waals surface area contributed by atoms with Gasteiger partial charge in [0, 0.05) is 49.3 Å². The molecule has 31 heavy (non-hydrogen) atoms. The van der Waals surface area contributed by atoms with E-state index >= 15 is 0 Å². The summed E-state index contributed by atoms with van der Waals surface area (Å²) in [7, 11) is 0. The lowest BCUT2D eigenvalue weighted by atomic mass is 9.69. The van der Waals surface area contributed by atoms with Crippen molar-refractivity contribution in [2.24, 2.45) is 11.3 Å². The minimum Gasteiger partial charge on any atom is -0.381 e. The second-order valence-corrected chi connectivity index (χ2v) is 10.1. The van der Waals surface area contributed by atoms with Crippen LogP contribution in [0.15, 0.2) is 36.9 Å². The molecule has 1 aromatic carbocycles. The molecule has 0 radical (unpaired) electrons. The second kappa shape index (κ2) is 9.33. The van der Waals surface area contributed by atoms with Crippen molar-refractivity contribution in [3.63, 3.8) is 0 Å². The van der Waals surface area contributed by atoms with Crippen molar-refractivity contribution in [1.82, 2.24) is 9.80 Å². The van der Waals surface area contributed by atoms with Crippen molar-refractivity contribution >= 4 is 23.4 Å². The van der Waals surface area contributed by atoms with Crippen molar-refractivity contribution in [1.29, 1.82) is 0 Å². The van der Waals surface area contributed by atoms with Crippen LogP contribution in [0.3, 0.4) is 0 Å². The third-order valence-corrected chi connectivity index (χ3v) is 7.70. The maximum absolute atomic E-state index is 13.8. The summed E-state index contributed by atoms with van der Waals surface area (Å²) in [5.74, 6) is 0.609. The Morgan fingerprint density at radius 1 is 1.26 bits per heavy atom. The summed E-state index contributed by atoms with van der Waals surface area (Å²) in [4.78, 5) is 29.6. The molecule has 3 fully saturated rings. The molecule has 3 aliphatic rings. The van der Waals surface area contributed by atoms with Gasteiger partial charge in [0.1, 0.15) is 0 Å². The van der Waals surface area contributed by atoms with Crippen LogP contribution in [0.2, 0.25) is 5.02 Å². The first-order chi connectivity index (χ1) is 14.9. The number of likely N-dealkylation sites (tertiary alicyclic amines) is 2. The highest BCUT2D eigenvalue weighted by Crippen LogP contribution is 2.44. The van der Waals surface area contributed by atoms with Gasteiger partial charge in [0.15, 0.2) is 0 Å². The average molecular weight is 445 g/mol. The molecule has 0 saturated carbocycles. The van der Waals surface area contributed by atoms with Crippen LogP contribution in [0.4, 0.5) is 0 Å². The molecule has 6 heteroatoms. The molecule has 3 heterocycles. The number of halogens is 1. The minimum absolute atomic E-state index is 0.0102. The highest BCUT2D eigenvalue weighted by atomic mass is 35.5. The smallest absolute Gasteiger partial charge is 0.245 e. The van der Waals surface area contributed by atoms with E-state index < -0.39 is 0 Å². The second-order valence-electron chi connectivity index (χ2n) is 9.63. The first kappa shape index (κ1) is 22.3. The van der Waals surface area contributed by atoms with Crippen molar-refractivity contribution in [2.45, 2.75) is 51.0 Å². The predicted molar refractivity (Wildman–Crippen MR) is 122 cm³/mol. The highest BCUT2D eigenvalue weighted by molar-refractivity contribution is 6.30. The quantitative estimate of drug-likeness (QED) is 0.637. The molecule has 3 saturated heterocycles. The van der Waals surface area contributed by atoms with E-state index in [0.29, 0.717) is 10.9 Å². The Morgan fingerprint density at radius 3 is 2.55 bits per heavy atom. The molecule has 1 spiro atoms. The normalized spacial score (nSPS) is 24.5. The molecule has 0 aliphatic carbocycles. The number of piperidine rings is 1. The third-order valence-electron chi connectivity index (χ3n) is 7.45. The fourth-order valence-electron chi connectivity index (χ4n) is 5.67. The summed E-state index contributed by atoms with van der Waals surface area (Å²) in [5.41, 5.74) is 1.21. The zero-order valence-corrected chi connectivity index (χ0v) is 19.2. The third kappa shape index (κ3) is 4.83. The van der Waals surface area contributed by atoms with Gasteiger partial charge in [0.25, 0.3) is 0 Å². The van der Waals surface area contributed by atoms with Gasteiger partial charge in [0.05, 0.1) is 5.92 Å². The molecule has 2 atom stereocenters. The lowest BCUT2D eigenvalue weighted by molar-refractivity contribution is -0.151. The summed E-state index contributed by atoms with van der Waals surface area (Å²) in [6.07, 6.45) is 6.19. The van der Waals surface area contributed by atoms with Gasteiger partial charge in [-0.3, -0.25) is 9.59 Å². The molecule has 0 bridgehead atoms. The molecular formula is C25H33ClN2O3. The molecule has 0 N–H and O–H groups in total. The summed E-state index contributed by atoms with van der Waals surface area (Å²) < 4.78 is 5.52. The van der Waals surface area contributed by atoms with Gasteiger partial charge in [-0.2, -0.15) is 0 Å². The van der Waals surface area contributed by atoms with Crippen LogP contribution < -0.4 is 0 Å². The van der Waals surface area contributed by atoms with Crippen LogP contribution in [0.25, 0.3) is 0 Å². The first-order valence-electron chi connectivity index (χ1n) is 11.5. The van der Waals surface area contributed by atoms with Gasteiger partial charge < -0.3 is 14.5 Å². The summed E-state index contributed by atoms with van der Waals surface area (Å²) >= 11 is 6.11. The van der Waals surface area contributed by atoms with Crippen LogP contribution in [0, 0.1) is 11.3 Å². The van der Waals surface area contributed by atoms with E-state index in [0.717, 1.165) is 70.5 Å². The van der Waals surface area contributed by atoms with Crippen LogP contribution >= 0.6 is 11.6 Å². The monoisotopic (exact) mass is 444 g/mol. The van der Waals surface area contributed by atoms with Gasteiger partial charge in [0.2, 0.25) is 11.8 Å². The van der Waals surface area contributed by atoms with E-state index in [2.05, 4.69) is 18.4 Å². The molecule has 0 aromatic heterocycles. The Kier molecular flexibility index (Phi) is 6.73. The summed E-state index contributed by atoms with van der Waals surface area (Å²) in [6, 6.07) is 7.95. The van der Waals surface area contributed by atoms with Gasteiger partial charge in [-0.1, -0.05) is 30.3 Å². The molecule has 4 rings (SSSR count). The molecule has 1 aromatic rings. The molecule has 3 aliphatic heterocycles. The topological polar surface area (TPSA) is 49.9 Å². The van der Waals surface area contributed by atoms with E-state index in [1.807, 2.05) is 29.2 Å². The zero-order valence-electron chi connectivity index (χ0n) is 18.4. The van der Waals surface area contributed by atoms with E-state index in [4.69, 9.17) is 16.3 Å². The van der Waals surface area contributed by atoms with Crippen molar-refractivity contribution in [2.75, 3.05) is 32.8 Å². The first-order valence-corrected chi connectivity index (χ1v) is 11.8. The van der Waals surface area contributed by atoms with Gasteiger partial charge in [-0.25, -0.2) is 0 Å². The number of rotatable bonds is 5. The zero-order chi connectivity index (χ0) is 22.0. The number of ether oxygens (including phenoxy) is 1. The Hall–Kier alpha value is -1.85. The summed E-state index contributed by atoms with van der Waals surface area (Å²) in [5, 5.41) is 0.693. The van der Waals surface area contributed by atoms with Crippen LogP contribution in [0.1, 0.15) is 50.5 Å². The molecule has 168 valence electrons. The van der Waals surface area contributed by atoms with Crippen molar-refractivity contribution in [3.05, 3.63) is 47.5 Å². The van der Waals surface area contributed by atoms with E-state index in [-0.39, 0.29) is 29.2 Å². The molecule has 5 nitrogen and oxygen atoms in total. The summed E-state index contributed by atoms with van der Waals surface area (Å²) in [6.45, 7) is 9.65. The number of carbonyl (C=O) groups excluding carboxylic acids is 2. The number of benzene rings is 1. The van der Waals surface area contributed by atoms with E-state index in [1.165, 1.54) is 6.08 Å². The van der Waals surface area contributed by atoms with Crippen LogP contribution in [-0.4, -0.2) is 60.5 Å². The van der Waals surface area contributed by atoms with E-state index in [1.54, 1.807) is 0 Å². The van der Waals surface area contributed by atoms with Crippen molar-refractivity contribution in [3.8, 4) is 0 Å². The molecular weight excluding hydrogens is 412 g/mol. The number of carbonyl (C=O) groups is 2.